The Morgan fingerprint density at radius 2 is 1.88 bits per heavy atom. The van der Waals surface area contributed by atoms with Crippen LogP contribution in [0.25, 0.3) is 0 Å². The van der Waals surface area contributed by atoms with Crippen molar-refractivity contribution in [3.8, 4) is 0 Å². The van der Waals surface area contributed by atoms with E-state index >= 15 is 0 Å². The number of piperazine rings is 1. The van der Waals surface area contributed by atoms with Crippen molar-refractivity contribution in [1.82, 2.24) is 19.6 Å². The predicted molar refractivity (Wildman–Crippen MR) is 100.0 cm³/mol. The van der Waals surface area contributed by atoms with E-state index in [0.29, 0.717) is 23.9 Å². The van der Waals surface area contributed by atoms with Gasteiger partial charge in [0.1, 0.15) is 5.82 Å². The van der Waals surface area contributed by atoms with Crippen LogP contribution in [0.5, 0.6) is 0 Å². The summed E-state index contributed by atoms with van der Waals surface area (Å²) in [5, 5.41) is 7.96. The fourth-order valence-electron chi connectivity index (χ4n) is 3.00. The third-order valence-corrected chi connectivity index (χ3v) is 4.91. The summed E-state index contributed by atoms with van der Waals surface area (Å²) >= 11 is 6.21. The maximum Gasteiger partial charge on any atom is 0.239 e. The van der Waals surface area contributed by atoms with Gasteiger partial charge in [-0.3, -0.25) is 9.69 Å². The molecule has 0 bridgehead atoms. The maximum atomic E-state index is 12.4. The molecule has 1 aliphatic heterocycles. The van der Waals surface area contributed by atoms with Crippen molar-refractivity contribution in [2.24, 2.45) is 0 Å². The molecule has 2 heterocycles. The number of aromatic nitrogens is 2. The second kappa shape index (κ2) is 8.47. The largest absolute Gasteiger partial charge is 0.310 e. The minimum Gasteiger partial charge on any atom is -0.310 e. The molecule has 1 aliphatic rings. The van der Waals surface area contributed by atoms with Gasteiger partial charge in [0.05, 0.1) is 19.3 Å². The van der Waals surface area contributed by atoms with Gasteiger partial charge in [0.2, 0.25) is 5.91 Å². The lowest BCUT2D eigenvalue weighted by molar-refractivity contribution is -0.117. The van der Waals surface area contributed by atoms with Gasteiger partial charge in [-0.1, -0.05) is 36.7 Å². The van der Waals surface area contributed by atoms with E-state index in [9.17, 15) is 4.79 Å². The van der Waals surface area contributed by atoms with E-state index in [1.807, 2.05) is 30.3 Å². The number of carbonyl (C=O) groups excluding carboxylic acids is 1. The van der Waals surface area contributed by atoms with Crippen LogP contribution in [0.4, 0.5) is 5.82 Å². The summed E-state index contributed by atoms with van der Waals surface area (Å²) in [4.78, 5) is 17.0. The zero-order valence-corrected chi connectivity index (χ0v) is 15.2. The first-order valence-electron chi connectivity index (χ1n) is 8.65. The minimum atomic E-state index is -0.00847. The Bertz CT molecular complexity index is 709. The van der Waals surface area contributed by atoms with Gasteiger partial charge >= 0.3 is 0 Å². The van der Waals surface area contributed by atoms with E-state index in [1.165, 1.54) is 0 Å². The Balaban J connectivity index is 1.56. The fraction of sp³-hybridized carbons (Fsp3) is 0.444. The highest BCUT2D eigenvalue weighted by molar-refractivity contribution is 6.31. The van der Waals surface area contributed by atoms with Crippen LogP contribution in [-0.2, 0) is 11.3 Å². The number of likely N-dealkylation sites (N-methyl/N-ethyl adjacent to an activating group) is 1. The van der Waals surface area contributed by atoms with Crippen LogP contribution < -0.4 is 5.32 Å². The maximum absolute atomic E-state index is 12.4. The first kappa shape index (κ1) is 17.9. The summed E-state index contributed by atoms with van der Waals surface area (Å²) in [6.45, 7) is 8.08. The summed E-state index contributed by atoms with van der Waals surface area (Å²) in [7, 11) is 0. The minimum absolute atomic E-state index is 0.00847. The summed E-state index contributed by atoms with van der Waals surface area (Å²) < 4.78 is 1.76. The van der Waals surface area contributed by atoms with Crippen molar-refractivity contribution in [3.05, 3.63) is 47.1 Å². The zero-order chi connectivity index (χ0) is 17.6. The van der Waals surface area contributed by atoms with Gasteiger partial charge in [-0.15, -0.1) is 0 Å². The monoisotopic (exact) mass is 361 g/mol. The second-order valence-electron chi connectivity index (χ2n) is 6.22. The van der Waals surface area contributed by atoms with Gasteiger partial charge in [0, 0.05) is 37.3 Å². The van der Waals surface area contributed by atoms with Crippen LogP contribution in [0.15, 0.2) is 36.5 Å². The molecule has 1 amide bonds. The molecule has 3 rings (SSSR count). The Morgan fingerprint density at radius 3 is 2.60 bits per heavy atom. The first-order chi connectivity index (χ1) is 12.2. The summed E-state index contributed by atoms with van der Waals surface area (Å²) in [5.74, 6) is 0.683. The number of amides is 1. The number of carbonyl (C=O) groups is 1. The number of hydrogen-bond acceptors (Lipinski definition) is 4. The molecule has 0 unspecified atom stereocenters. The van der Waals surface area contributed by atoms with E-state index in [1.54, 1.807) is 10.9 Å². The number of anilines is 1. The molecule has 0 spiro atoms. The Labute approximate surface area is 153 Å². The van der Waals surface area contributed by atoms with Gasteiger partial charge in [-0.2, -0.15) is 5.10 Å². The molecule has 0 saturated carbocycles. The molecule has 0 radical (unpaired) electrons. The topological polar surface area (TPSA) is 53.4 Å². The van der Waals surface area contributed by atoms with E-state index < -0.39 is 0 Å². The van der Waals surface area contributed by atoms with Crippen molar-refractivity contribution in [1.29, 1.82) is 0 Å². The van der Waals surface area contributed by atoms with Crippen LogP contribution in [0.2, 0.25) is 5.02 Å². The lowest BCUT2D eigenvalue weighted by Gasteiger charge is -2.33. The second-order valence-corrected chi connectivity index (χ2v) is 6.63. The number of rotatable bonds is 6. The average molecular weight is 362 g/mol. The standard InChI is InChI=1S/C18H24ClN5O/c1-2-22-9-11-23(12-10-22)14-18(25)21-17-7-8-20-24(17)13-15-5-3-4-6-16(15)19/h3-8H,2,9-14H2,1H3,(H,21,25). The van der Waals surface area contributed by atoms with Crippen molar-refractivity contribution in [3.63, 3.8) is 0 Å². The molecule has 6 nitrogen and oxygen atoms in total. The van der Waals surface area contributed by atoms with Gasteiger partial charge in [-0.05, 0) is 18.2 Å². The van der Waals surface area contributed by atoms with Crippen LogP contribution >= 0.6 is 11.6 Å². The smallest absolute Gasteiger partial charge is 0.239 e. The first-order valence-corrected chi connectivity index (χ1v) is 9.03. The number of nitrogens with one attached hydrogen (secondary N) is 1. The van der Waals surface area contributed by atoms with Crippen molar-refractivity contribution < 1.29 is 4.79 Å². The van der Waals surface area contributed by atoms with Crippen LogP contribution in [0.1, 0.15) is 12.5 Å². The molecular formula is C18H24ClN5O. The van der Waals surface area contributed by atoms with E-state index in [2.05, 4.69) is 27.1 Å². The Hall–Kier alpha value is -1.89. The molecule has 25 heavy (non-hydrogen) atoms. The van der Waals surface area contributed by atoms with E-state index in [4.69, 9.17) is 11.6 Å². The van der Waals surface area contributed by atoms with Crippen LogP contribution in [0.3, 0.4) is 0 Å². The molecule has 1 N–H and O–H groups in total. The molecule has 1 fully saturated rings. The summed E-state index contributed by atoms with van der Waals surface area (Å²) in [6, 6.07) is 9.47. The van der Waals surface area contributed by atoms with Gasteiger partial charge in [0.15, 0.2) is 0 Å². The number of halogens is 1. The van der Waals surface area contributed by atoms with Gasteiger partial charge in [0.25, 0.3) is 0 Å². The lowest BCUT2D eigenvalue weighted by Crippen LogP contribution is -2.48. The zero-order valence-electron chi connectivity index (χ0n) is 14.5. The van der Waals surface area contributed by atoms with E-state index in [-0.39, 0.29) is 5.91 Å². The fourth-order valence-corrected chi connectivity index (χ4v) is 3.20. The van der Waals surface area contributed by atoms with Crippen molar-refractivity contribution in [2.75, 3.05) is 44.6 Å². The quantitative estimate of drug-likeness (QED) is 0.856. The number of nitrogens with zero attached hydrogens (tertiary/aromatic N) is 4. The van der Waals surface area contributed by atoms with Crippen molar-refractivity contribution in [2.45, 2.75) is 13.5 Å². The molecule has 1 aromatic heterocycles. The van der Waals surface area contributed by atoms with Gasteiger partial charge in [-0.25, -0.2) is 4.68 Å². The highest BCUT2D eigenvalue weighted by atomic mass is 35.5. The lowest BCUT2D eigenvalue weighted by atomic mass is 10.2. The van der Waals surface area contributed by atoms with Gasteiger partial charge < -0.3 is 10.2 Å². The number of hydrogen-bond donors (Lipinski definition) is 1. The molecule has 0 aliphatic carbocycles. The third kappa shape index (κ3) is 4.81. The molecule has 1 saturated heterocycles. The Morgan fingerprint density at radius 1 is 1.16 bits per heavy atom. The highest BCUT2D eigenvalue weighted by Gasteiger charge is 2.18. The van der Waals surface area contributed by atoms with E-state index in [0.717, 1.165) is 38.3 Å². The molecular weight excluding hydrogens is 338 g/mol. The SMILES string of the molecule is CCN1CCN(CC(=O)Nc2ccnn2Cc2ccccc2Cl)CC1. The Kier molecular flexibility index (Phi) is 6.07. The van der Waals surface area contributed by atoms with Crippen molar-refractivity contribution >= 4 is 23.3 Å². The highest BCUT2D eigenvalue weighted by Crippen LogP contribution is 2.18. The van der Waals surface area contributed by atoms with Crippen LogP contribution in [-0.4, -0.2) is 64.8 Å². The third-order valence-electron chi connectivity index (χ3n) is 4.54. The normalized spacial score (nSPS) is 16.1. The van der Waals surface area contributed by atoms with Crippen LogP contribution in [0, 0.1) is 0 Å². The molecule has 1 aromatic carbocycles. The predicted octanol–water partition coefficient (Wildman–Crippen LogP) is 2.16. The summed E-state index contributed by atoms with van der Waals surface area (Å²) in [6.07, 6.45) is 1.69. The molecule has 134 valence electrons. The molecule has 7 heteroatoms. The number of benzene rings is 1. The average Bonchev–Trinajstić information content (AvgIpc) is 3.04. The summed E-state index contributed by atoms with van der Waals surface area (Å²) in [5.41, 5.74) is 0.971. The molecule has 2 aromatic rings. The molecule has 0 atom stereocenters.